The number of aryl methyl sites for hydroxylation is 1. The molecule has 0 fully saturated rings. The first-order valence-corrected chi connectivity index (χ1v) is 8.47. The monoisotopic (exact) mass is 346 g/mol. The summed E-state index contributed by atoms with van der Waals surface area (Å²) >= 11 is 0. The van der Waals surface area contributed by atoms with E-state index in [-0.39, 0.29) is 18.4 Å². The summed E-state index contributed by atoms with van der Waals surface area (Å²) in [6.45, 7) is 2.33. The molecule has 4 rings (SSSR count). The Morgan fingerprint density at radius 1 is 0.962 bits per heavy atom. The van der Waals surface area contributed by atoms with E-state index in [1.807, 2.05) is 43.3 Å². The summed E-state index contributed by atoms with van der Waals surface area (Å²) in [5, 5.41) is 13.7. The molecule has 1 heterocycles. The van der Waals surface area contributed by atoms with Crippen LogP contribution in [0.5, 0.6) is 0 Å². The predicted molar refractivity (Wildman–Crippen MR) is 102 cm³/mol. The third-order valence-electron chi connectivity index (χ3n) is 4.59. The molecule has 130 valence electrons. The number of aliphatic hydroxyl groups is 1. The number of carbonyl (C=O) groups is 2. The van der Waals surface area contributed by atoms with Crippen LogP contribution >= 0.6 is 0 Å². The fourth-order valence-electron chi connectivity index (χ4n) is 3.44. The summed E-state index contributed by atoms with van der Waals surface area (Å²) < 4.78 is 0. The number of amides is 2. The zero-order chi connectivity index (χ0) is 18.3. The van der Waals surface area contributed by atoms with Crippen molar-refractivity contribution in [2.75, 3.05) is 23.4 Å². The van der Waals surface area contributed by atoms with Crippen molar-refractivity contribution in [2.24, 2.45) is 0 Å². The normalized spacial score (nSPS) is 13.4. The number of carbonyl (C=O) groups excluding carboxylic acids is 2. The molecule has 1 aliphatic heterocycles. The maximum absolute atomic E-state index is 13.1. The van der Waals surface area contributed by atoms with Crippen molar-refractivity contribution in [3.8, 4) is 0 Å². The van der Waals surface area contributed by atoms with Gasteiger partial charge in [0.2, 0.25) is 0 Å². The molecule has 0 spiro atoms. The first kappa shape index (κ1) is 16.3. The molecule has 0 aromatic heterocycles. The van der Waals surface area contributed by atoms with Crippen LogP contribution in [0, 0.1) is 6.92 Å². The van der Waals surface area contributed by atoms with Gasteiger partial charge in [-0.25, -0.2) is 4.90 Å². The first-order chi connectivity index (χ1) is 12.6. The molecule has 0 saturated heterocycles. The van der Waals surface area contributed by atoms with E-state index >= 15 is 0 Å². The lowest BCUT2D eigenvalue weighted by Crippen LogP contribution is -2.40. The minimum Gasteiger partial charge on any atom is -0.395 e. The molecule has 5 heteroatoms. The molecule has 0 bridgehead atoms. The third-order valence-corrected chi connectivity index (χ3v) is 4.59. The summed E-state index contributed by atoms with van der Waals surface area (Å²) in [4.78, 5) is 27.4. The Kier molecular flexibility index (Phi) is 3.93. The SMILES string of the molecule is Cc1cccc(N2C(=O)c3cccc4c(NCCO)ccc(c34)C2=O)c1. The number of nitrogens with zero attached hydrogens (tertiary/aromatic N) is 1. The van der Waals surface area contributed by atoms with Crippen LogP contribution in [0.4, 0.5) is 11.4 Å². The van der Waals surface area contributed by atoms with Gasteiger partial charge in [-0.15, -0.1) is 0 Å². The van der Waals surface area contributed by atoms with E-state index in [0.29, 0.717) is 28.7 Å². The molecule has 2 N–H and O–H groups in total. The molecule has 0 unspecified atom stereocenters. The van der Waals surface area contributed by atoms with Gasteiger partial charge in [0, 0.05) is 34.1 Å². The molecule has 2 amide bonds. The number of hydrogen-bond acceptors (Lipinski definition) is 4. The average molecular weight is 346 g/mol. The topological polar surface area (TPSA) is 69.6 Å². The summed E-state index contributed by atoms with van der Waals surface area (Å²) in [5.41, 5.74) is 3.36. The van der Waals surface area contributed by atoms with Gasteiger partial charge in [0.25, 0.3) is 11.8 Å². The number of hydrogen-bond donors (Lipinski definition) is 2. The van der Waals surface area contributed by atoms with Crippen LogP contribution in [-0.2, 0) is 0 Å². The van der Waals surface area contributed by atoms with Crippen LogP contribution in [0.2, 0.25) is 0 Å². The Bertz CT molecular complexity index is 1020. The fraction of sp³-hybridized carbons (Fsp3) is 0.143. The molecular formula is C21H18N2O3. The van der Waals surface area contributed by atoms with Crippen molar-refractivity contribution in [3.63, 3.8) is 0 Å². The van der Waals surface area contributed by atoms with E-state index in [9.17, 15) is 9.59 Å². The highest BCUT2D eigenvalue weighted by atomic mass is 16.3. The largest absolute Gasteiger partial charge is 0.395 e. The number of benzene rings is 3. The van der Waals surface area contributed by atoms with E-state index in [1.54, 1.807) is 18.2 Å². The smallest absolute Gasteiger partial charge is 0.265 e. The van der Waals surface area contributed by atoms with Gasteiger partial charge in [0.05, 0.1) is 12.3 Å². The van der Waals surface area contributed by atoms with Crippen molar-refractivity contribution < 1.29 is 14.7 Å². The highest BCUT2D eigenvalue weighted by Crippen LogP contribution is 2.36. The van der Waals surface area contributed by atoms with Gasteiger partial charge in [-0.05, 0) is 42.8 Å². The van der Waals surface area contributed by atoms with Crippen molar-refractivity contribution in [1.29, 1.82) is 0 Å². The van der Waals surface area contributed by atoms with E-state index in [0.717, 1.165) is 16.6 Å². The molecule has 0 atom stereocenters. The highest BCUT2D eigenvalue weighted by Gasteiger charge is 2.34. The second kappa shape index (κ2) is 6.28. The Balaban J connectivity index is 1.91. The Labute approximate surface area is 150 Å². The summed E-state index contributed by atoms with van der Waals surface area (Å²) in [7, 11) is 0. The van der Waals surface area contributed by atoms with E-state index in [4.69, 9.17) is 5.11 Å². The Morgan fingerprint density at radius 2 is 1.69 bits per heavy atom. The zero-order valence-corrected chi connectivity index (χ0v) is 14.3. The van der Waals surface area contributed by atoms with Crippen molar-refractivity contribution in [3.05, 3.63) is 71.3 Å². The predicted octanol–water partition coefficient (Wildman–Crippen LogP) is 3.35. The lowest BCUT2D eigenvalue weighted by atomic mass is 9.92. The van der Waals surface area contributed by atoms with Crippen molar-refractivity contribution in [2.45, 2.75) is 6.92 Å². The quantitative estimate of drug-likeness (QED) is 0.711. The number of nitrogens with one attached hydrogen (secondary N) is 1. The van der Waals surface area contributed by atoms with Crippen LogP contribution in [0.3, 0.4) is 0 Å². The first-order valence-electron chi connectivity index (χ1n) is 8.47. The van der Waals surface area contributed by atoms with Gasteiger partial charge in [-0.3, -0.25) is 9.59 Å². The minimum absolute atomic E-state index is 0.00192. The van der Waals surface area contributed by atoms with E-state index < -0.39 is 0 Å². The minimum atomic E-state index is -0.321. The summed E-state index contributed by atoms with van der Waals surface area (Å²) in [6, 6.07) is 16.4. The summed E-state index contributed by atoms with van der Waals surface area (Å²) in [6.07, 6.45) is 0. The van der Waals surface area contributed by atoms with Crippen LogP contribution < -0.4 is 10.2 Å². The number of imide groups is 1. The second-order valence-electron chi connectivity index (χ2n) is 6.32. The fourth-order valence-corrected chi connectivity index (χ4v) is 3.44. The Hall–Kier alpha value is -3.18. The maximum Gasteiger partial charge on any atom is 0.265 e. The number of aliphatic hydroxyl groups excluding tert-OH is 1. The van der Waals surface area contributed by atoms with Gasteiger partial charge in [0.15, 0.2) is 0 Å². The van der Waals surface area contributed by atoms with Crippen molar-refractivity contribution in [1.82, 2.24) is 0 Å². The van der Waals surface area contributed by atoms with Crippen molar-refractivity contribution >= 4 is 34.0 Å². The number of anilines is 2. The van der Waals surface area contributed by atoms with Crippen LogP contribution in [0.15, 0.2) is 54.6 Å². The lowest BCUT2D eigenvalue weighted by Gasteiger charge is -2.28. The van der Waals surface area contributed by atoms with Crippen LogP contribution in [0.25, 0.3) is 10.8 Å². The lowest BCUT2D eigenvalue weighted by molar-refractivity contribution is 0.0893. The maximum atomic E-state index is 13.1. The van der Waals surface area contributed by atoms with Crippen LogP contribution in [0.1, 0.15) is 26.3 Å². The van der Waals surface area contributed by atoms with Gasteiger partial charge >= 0.3 is 0 Å². The zero-order valence-electron chi connectivity index (χ0n) is 14.3. The molecule has 0 saturated carbocycles. The molecule has 1 aliphatic rings. The standard InChI is InChI=1S/C21H18N2O3/c1-13-4-2-5-14(12-13)23-20(25)16-7-3-6-15-18(22-10-11-24)9-8-17(19(15)16)21(23)26/h2-9,12,22,24H,10-11H2,1H3. The molecule has 0 aliphatic carbocycles. The van der Waals surface area contributed by atoms with Gasteiger partial charge in [-0.2, -0.15) is 0 Å². The average Bonchev–Trinajstić information content (AvgIpc) is 2.65. The summed E-state index contributed by atoms with van der Waals surface area (Å²) in [5.74, 6) is -0.643. The highest BCUT2D eigenvalue weighted by molar-refractivity contribution is 6.36. The van der Waals surface area contributed by atoms with Gasteiger partial charge < -0.3 is 10.4 Å². The molecular weight excluding hydrogens is 328 g/mol. The molecule has 3 aromatic carbocycles. The van der Waals surface area contributed by atoms with Crippen LogP contribution in [-0.4, -0.2) is 30.1 Å². The molecule has 3 aromatic rings. The molecule has 0 radical (unpaired) electrons. The van der Waals surface area contributed by atoms with Gasteiger partial charge in [-0.1, -0.05) is 24.3 Å². The Morgan fingerprint density at radius 3 is 2.42 bits per heavy atom. The van der Waals surface area contributed by atoms with E-state index in [2.05, 4.69) is 5.32 Å². The number of rotatable bonds is 4. The third kappa shape index (κ3) is 2.45. The molecule has 5 nitrogen and oxygen atoms in total. The van der Waals surface area contributed by atoms with Gasteiger partial charge in [0.1, 0.15) is 0 Å². The van der Waals surface area contributed by atoms with E-state index in [1.165, 1.54) is 4.90 Å². The molecule has 26 heavy (non-hydrogen) atoms. The second-order valence-corrected chi connectivity index (χ2v) is 6.32.